The molecule has 6 heteroatoms. The first kappa shape index (κ1) is 17.5. The van der Waals surface area contributed by atoms with Crippen LogP contribution in [-0.2, 0) is 4.79 Å². The van der Waals surface area contributed by atoms with Gasteiger partial charge >= 0.3 is 0 Å². The minimum Gasteiger partial charge on any atom is -0.361 e. The zero-order chi connectivity index (χ0) is 15.5. The van der Waals surface area contributed by atoms with E-state index in [1.54, 1.807) is 12.1 Å². The van der Waals surface area contributed by atoms with Crippen molar-refractivity contribution in [3.05, 3.63) is 40.9 Å². The molecule has 0 saturated carbocycles. The Balaban J connectivity index is 2.28. The van der Waals surface area contributed by atoms with Gasteiger partial charge in [-0.15, -0.1) is 0 Å². The van der Waals surface area contributed by atoms with Crippen molar-refractivity contribution in [2.24, 2.45) is 0 Å². The SMILES string of the molecule is CCCCCNC(=S)NNC(=O)/C=C/c1ccccc1Cl. The van der Waals surface area contributed by atoms with Gasteiger partial charge in [-0.1, -0.05) is 49.6 Å². The van der Waals surface area contributed by atoms with Crippen molar-refractivity contribution in [2.75, 3.05) is 6.54 Å². The molecule has 1 aromatic carbocycles. The number of thiocarbonyl (C=S) groups is 1. The summed E-state index contributed by atoms with van der Waals surface area (Å²) in [5.74, 6) is -0.298. The van der Waals surface area contributed by atoms with Gasteiger partial charge in [0.1, 0.15) is 0 Å². The van der Waals surface area contributed by atoms with Gasteiger partial charge in [-0.05, 0) is 36.3 Å². The molecule has 0 spiro atoms. The molecule has 0 atom stereocenters. The van der Waals surface area contributed by atoms with Crippen LogP contribution in [0.25, 0.3) is 6.08 Å². The number of hydrogen-bond donors (Lipinski definition) is 3. The van der Waals surface area contributed by atoms with Crippen molar-refractivity contribution in [3.8, 4) is 0 Å². The highest BCUT2D eigenvalue weighted by molar-refractivity contribution is 7.80. The molecule has 1 rings (SSSR count). The fraction of sp³-hybridized carbons (Fsp3) is 0.333. The number of benzene rings is 1. The molecule has 0 radical (unpaired) electrons. The second kappa shape index (κ2) is 10.2. The monoisotopic (exact) mass is 325 g/mol. The minimum absolute atomic E-state index is 0.298. The van der Waals surface area contributed by atoms with E-state index in [4.69, 9.17) is 23.8 Å². The molecule has 1 amide bonds. The molecule has 0 fully saturated rings. The highest BCUT2D eigenvalue weighted by Gasteiger charge is 1.99. The van der Waals surface area contributed by atoms with Gasteiger partial charge in [-0.25, -0.2) is 0 Å². The third-order valence-corrected chi connectivity index (χ3v) is 3.28. The zero-order valence-corrected chi connectivity index (χ0v) is 13.6. The summed E-state index contributed by atoms with van der Waals surface area (Å²) in [6.07, 6.45) is 6.41. The molecule has 0 saturated heterocycles. The molecule has 4 nitrogen and oxygen atoms in total. The number of unbranched alkanes of at least 4 members (excludes halogenated alkanes) is 2. The van der Waals surface area contributed by atoms with Crippen LogP contribution in [-0.4, -0.2) is 17.6 Å². The summed E-state index contributed by atoms with van der Waals surface area (Å²) >= 11 is 11.0. The summed E-state index contributed by atoms with van der Waals surface area (Å²) in [6, 6.07) is 7.30. The lowest BCUT2D eigenvalue weighted by atomic mass is 10.2. The molecule has 114 valence electrons. The van der Waals surface area contributed by atoms with Crippen LogP contribution in [0, 0.1) is 0 Å². The minimum atomic E-state index is -0.298. The molecular weight excluding hydrogens is 306 g/mol. The van der Waals surface area contributed by atoms with Crippen LogP contribution < -0.4 is 16.2 Å². The predicted molar refractivity (Wildman–Crippen MR) is 91.9 cm³/mol. The number of hydrogen-bond acceptors (Lipinski definition) is 2. The van der Waals surface area contributed by atoms with Crippen LogP contribution in [0.3, 0.4) is 0 Å². The van der Waals surface area contributed by atoms with Crippen LogP contribution in [0.2, 0.25) is 5.02 Å². The molecule has 0 aliphatic rings. The Morgan fingerprint density at radius 2 is 2.05 bits per heavy atom. The first-order chi connectivity index (χ1) is 10.1. The van der Waals surface area contributed by atoms with E-state index >= 15 is 0 Å². The zero-order valence-electron chi connectivity index (χ0n) is 12.0. The maximum atomic E-state index is 11.6. The van der Waals surface area contributed by atoms with E-state index in [1.807, 2.05) is 18.2 Å². The molecule has 0 bridgehead atoms. The van der Waals surface area contributed by atoms with Gasteiger partial charge in [0.2, 0.25) is 0 Å². The lowest BCUT2D eigenvalue weighted by Gasteiger charge is -2.10. The Labute approximate surface area is 135 Å². The molecule has 0 aliphatic carbocycles. The number of hydrazine groups is 1. The average molecular weight is 326 g/mol. The van der Waals surface area contributed by atoms with E-state index in [-0.39, 0.29) is 5.91 Å². The highest BCUT2D eigenvalue weighted by atomic mass is 35.5. The third-order valence-electron chi connectivity index (χ3n) is 2.68. The van der Waals surface area contributed by atoms with Gasteiger partial charge in [0.05, 0.1) is 0 Å². The summed E-state index contributed by atoms with van der Waals surface area (Å²) in [5, 5.41) is 4.02. The number of halogens is 1. The Bertz CT molecular complexity index is 505. The topological polar surface area (TPSA) is 53.2 Å². The van der Waals surface area contributed by atoms with Gasteiger partial charge in [-0.2, -0.15) is 0 Å². The summed E-state index contributed by atoms with van der Waals surface area (Å²) in [6.45, 7) is 2.94. The Kier molecular flexibility index (Phi) is 8.47. The molecule has 3 N–H and O–H groups in total. The van der Waals surface area contributed by atoms with Crippen LogP contribution in [0.4, 0.5) is 0 Å². The summed E-state index contributed by atoms with van der Waals surface area (Å²) < 4.78 is 0. The van der Waals surface area contributed by atoms with Crippen molar-refractivity contribution < 1.29 is 4.79 Å². The van der Waals surface area contributed by atoms with E-state index in [2.05, 4.69) is 23.1 Å². The fourth-order valence-electron chi connectivity index (χ4n) is 1.56. The van der Waals surface area contributed by atoms with Gasteiger partial charge in [0.25, 0.3) is 5.91 Å². The van der Waals surface area contributed by atoms with Crippen molar-refractivity contribution in [3.63, 3.8) is 0 Å². The lowest BCUT2D eigenvalue weighted by molar-refractivity contribution is -0.116. The smallest absolute Gasteiger partial charge is 0.262 e. The second-order valence-corrected chi connectivity index (χ2v) is 5.25. The Morgan fingerprint density at radius 1 is 1.29 bits per heavy atom. The molecule has 0 heterocycles. The van der Waals surface area contributed by atoms with E-state index in [0.717, 1.165) is 31.4 Å². The summed E-state index contributed by atoms with van der Waals surface area (Å²) in [5.41, 5.74) is 5.92. The van der Waals surface area contributed by atoms with Crippen molar-refractivity contribution in [1.82, 2.24) is 16.2 Å². The summed E-state index contributed by atoms with van der Waals surface area (Å²) in [4.78, 5) is 11.6. The van der Waals surface area contributed by atoms with Gasteiger partial charge in [-0.3, -0.25) is 15.6 Å². The molecule has 21 heavy (non-hydrogen) atoms. The number of carbonyl (C=O) groups excluding carboxylic acids is 1. The predicted octanol–water partition coefficient (Wildman–Crippen LogP) is 3.04. The molecular formula is C15H20ClN3OS. The highest BCUT2D eigenvalue weighted by Crippen LogP contribution is 2.15. The van der Waals surface area contributed by atoms with Gasteiger partial charge in [0, 0.05) is 17.6 Å². The lowest BCUT2D eigenvalue weighted by Crippen LogP contribution is -2.46. The van der Waals surface area contributed by atoms with Gasteiger partial charge < -0.3 is 5.32 Å². The maximum Gasteiger partial charge on any atom is 0.262 e. The van der Waals surface area contributed by atoms with E-state index < -0.39 is 0 Å². The van der Waals surface area contributed by atoms with E-state index in [9.17, 15) is 4.79 Å². The second-order valence-electron chi connectivity index (χ2n) is 4.43. The average Bonchev–Trinajstić information content (AvgIpc) is 2.48. The first-order valence-electron chi connectivity index (χ1n) is 6.90. The number of amides is 1. The largest absolute Gasteiger partial charge is 0.361 e. The number of rotatable bonds is 6. The van der Waals surface area contributed by atoms with Crippen molar-refractivity contribution >= 4 is 40.9 Å². The Hall–Kier alpha value is -1.59. The van der Waals surface area contributed by atoms with Crippen molar-refractivity contribution in [2.45, 2.75) is 26.2 Å². The van der Waals surface area contributed by atoms with Crippen LogP contribution in [0.15, 0.2) is 30.3 Å². The van der Waals surface area contributed by atoms with Crippen LogP contribution in [0.1, 0.15) is 31.7 Å². The third kappa shape index (κ3) is 7.68. The molecule has 0 aliphatic heterocycles. The standard InChI is InChI=1S/C15H20ClN3OS/c1-2-3-6-11-17-15(21)19-18-14(20)10-9-12-7-4-5-8-13(12)16/h4-5,7-10H,2-3,6,11H2,1H3,(H,18,20)(H2,17,19,21)/b10-9+. The van der Waals surface area contributed by atoms with Gasteiger partial charge in [0.15, 0.2) is 5.11 Å². The Morgan fingerprint density at radius 3 is 2.76 bits per heavy atom. The molecule has 0 aromatic heterocycles. The van der Waals surface area contributed by atoms with E-state index in [1.165, 1.54) is 6.08 Å². The quantitative estimate of drug-likeness (QED) is 0.326. The van der Waals surface area contributed by atoms with Crippen molar-refractivity contribution in [1.29, 1.82) is 0 Å². The number of nitrogens with one attached hydrogen (secondary N) is 3. The molecule has 0 unspecified atom stereocenters. The summed E-state index contributed by atoms with van der Waals surface area (Å²) in [7, 11) is 0. The van der Waals surface area contributed by atoms with E-state index in [0.29, 0.717) is 10.1 Å². The normalized spacial score (nSPS) is 10.4. The first-order valence-corrected chi connectivity index (χ1v) is 7.68. The fourth-order valence-corrected chi connectivity index (χ4v) is 1.91. The van der Waals surface area contributed by atoms with Crippen LogP contribution >= 0.6 is 23.8 Å². The number of carbonyl (C=O) groups is 1. The van der Waals surface area contributed by atoms with Crippen LogP contribution in [0.5, 0.6) is 0 Å². The maximum absolute atomic E-state index is 11.6. The molecule has 1 aromatic rings.